The number of ether oxygens (including phenoxy) is 6. The molecule has 1 atom stereocenters. The van der Waals surface area contributed by atoms with Gasteiger partial charge in [0, 0.05) is 0 Å². The minimum Gasteiger partial charge on any atom is -0.438 e. The first-order chi connectivity index (χ1) is 19.2. The van der Waals surface area contributed by atoms with E-state index in [1.807, 2.05) is 78.9 Å². The monoisotopic (exact) mass is 536 g/mol. The summed E-state index contributed by atoms with van der Waals surface area (Å²) in [7, 11) is 0. The molecule has 0 fully saturated rings. The van der Waals surface area contributed by atoms with Crippen LogP contribution in [0.1, 0.15) is 49.3 Å². The third-order valence-corrected chi connectivity index (χ3v) is 6.19. The maximum Gasteiger partial charge on any atom is 0.310 e. The van der Waals surface area contributed by atoms with Crippen molar-refractivity contribution >= 4 is 5.97 Å². The van der Waals surface area contributed by atoms with E-state index in [4.69, 9.17) is 28.4 Å². The average Bonchev–Trinajstić information content (AvgIpc) is 2.97. The van der Waals surface area contributed by atoms with Crippen molar-refractivity contribution < 1.29 is 33.2 Å². The number of esters is 1. The minimum atomic E-state index is -0.731. The molecule has 39 heavy (non-hydrogen) atoms. The van der Waals surface area contributed by atoms with E-state index >= 15 is 0 Å². The largest absolute Gasteiger partial charge is 0.438 e. The summed E-state index contributed by atoms with van der Waals surface area (Å²) < 4.78 is 33.6. The lowest BCUT2D eigenvalue weighted by atomic mass is 9.87. The molecule has 0 radical (unpaired) electrons. The van der Waals surface area contributed by atoms with Crippen LogP contribution in [0.25, 0.3) is 0 Å². The number of carbonyl (C=O) groups excluding carboxylic acids is 1. The zero-order valence-corrected chi connectivity index (χ0v) is 22.8. The highest BCUT2D eigenvalue weighted by Crippen LogP contribution is 2.29. The first kappa shape index (κ1) is 30.5. The standard InChI is InChI=1S/C32H40O7/c1-2-19-32(20-18-28-12-6-3-7-13-28,39-27-37-25-35-23-30-16-10-5-11-17-30)21-31(33)38-26-36-24-34-22-29-14-8-4-9-15-29/h3-17H,2,18-27H2,1H3/t32-/m1/s1. The Balaban J connectivity index is 1.45. The second kappa shape index (κ2) is 18.3. The highest BCUT2D eigenvalue weighted by atomic mass is 16.7. The molecule has 0 amide bonds. The fourth-order valence-electron chi connectivity index (χ4n) is 4.21. The van der Waals surface area contributed by atoms with E-state index in [9.17, 15) is 4.79 Å². The third-order valence-electron chi connectivity index (χ3n) is 6.19. The summed E-state index contributed by atoms with van der Waals surface area (Å²) in [6.07, 6.45) is 3.04. The zero-order valence-electron chi connectivity index (χ0n) is 22.8. The number of hydrogen-bond donors (Lipinski definition) is 0. The average molecular weight is 537 g/mol. The van der Waals surface area contributed by atoms with Gasteiger partial charge in [-0.05, 0) is 36.0 Å². The molecule has 3 rings (SSSR count). The van der Waals surface area contributed by atoms with E-state index in [0.29, 0.717) is 26.1 Å². The van der Waals surface area contributed by atoms with E-state index in [2.05, 4.69) is 19.1 Å². The van der Waals surface area contributed by atoms with Crippen molar-refractivity contribution in [1.29, 1.82) is 0 Å². The molecule has 3 aromatic carbocycles. The molecular formula is C32H40O7. The van der Waals surface area contributed by atoms with Gasteiger partial charge in [-0.15, -0.1) is 0 Å². The number of hydrogen-bond acceptors (Lipinski definition) is 7. The van der Waals surface area contributed by atoms with Crippen LogP contribution in [0.3, 0.4) is 0 Å². The Kier molecular flexibility index (Phi) is 14.3. The fourth-order valence-corrected chi connectivity index (χ4v) is 4.21. The molecule has 0 bridgehead atoms. The number of rotatable bonds is 20. The number of benzene rings is 3. The van der Waals surface area contributed by atoms with Gasteiger partial charge in [-0.25, -0.2) is 0 Å². The molecule has 0 saturated heterocycles. The maximum absolute atomic E-state index is 12.8. The van der Waals surface area contributed by atoms with Crippen LogP contribution in [0.15, 0.2) is 91.0 Å². The second-order valence-electron chi connectivity index (χ2n) is 9.30. The SMILES string of the molecule is CCC[C@@](CCc1ccccc1)(CC(=O)OCOCOCc1ccccc1)OCOCOCc1ccccc1. The van der Waals surface area contributed by atoms with Gasteiger partial charge in [-0.1, -0.05) is 104 Å². The molecule has 0 aliphatic carbocycles. The third kappa shape index (κ3) is 12.6. The second-order valence-corrected chi connectivity index (χ2v) is 9.30. The van der Waals surface area contributed by atoms with Crippen LogP contribution in [0.5, 0.6) is 0 Å². The quantitative estimate of drug-likeness (QED) is 0.0939. The summed E-state index contributed by atoms with van der Waals surface area (Å²) in [4.78, 5) is 12.8. The number of carbonyl (C=O) groups is 1. The van der Waals surface area contributed by atoms with Crippen molar-refractivity contribution in [3.8, 4) is 0 Å². The summed E-state index contributed by atoms with van der Waals surface area (Å²) in [6.45, 7) is 2.91. The summed E-state index contributed by atoms with van der Waals surface area (Å²) in [6, 6.07) is 29.9. The topological polar surface area (TPSA) is 72.5 Å². The van der Waals surface area contributed by atoms with Crippen LogP contribution < -0.4 is 0 Å². The first-order valence-corrected chi connectivity index (χ1v) is 13.4. The van der Waals surface area contributed by atoms with Crippen molar-refractivity contribution in [2.75, 3.05) is 27.2 Å². The van der Waals surface area contributed by atoms with E-state index in [0.717, 1.165) is 24.0 Å². The zero-order chi connectivity index (χ0) is 27.4. The maximum atomic E-state index is 12.8. The Labute approximate surface area is 231 Å². The Morgan fingerprint density at radius 3 is 1.67 bits per heavy atom. The lowest BCUT2D eigenvalue weighted by Gasteiger charge is -2.33. The van der Waals surface area contributed by atoms with Gasteiger partial charge < -0.3 is 28.4 Å². The van der Waals surface area contributed by atoms with Gasteiger partial charge in [-0.2, -0.15) is 0 Å². The van der Waals surface area contributed by atoms with Crippen molar-refractivity contribution in [2.45, 2.75) is 57.8 Å². The molecule has 0 unspecified atom stereocenters. The predicted octanol–water partition coefficient (Wildman–Crippen LogP) is 6.40. The Morgan fingerprint density at radius 2 is 1.13 bits per heavy atom. The first-order valence-electron chi connectivity index (χ1n) is 13.4. The Morgan fingerprint density at radius 1 is 0.615 bits per heavy atom. The Hall–Kier alpha value is -3.07. The van der Waals surface area contributed by atoms with E-state index in [1.165, 1.54) is 5.56 Å². The van der Waals surface area contributed by atoms with Crippen molar-refractivity contribution in [1.82, 2.24) is 0 Å². The van der Waals surface area contributed by atoms with Gasteiger partial charge in [0.2, 0.25) is 0 Å². The fraction of sp³-hybridized carbons (Fsp3) is 0.406. The van der Waals surface area contributed by atoms with E-state index < -0.39 is 5.60 Å². The molecule has 0 spiro atoms. The molecule has 0 heterocycles. The van der Waals surface area contributed by atoms with Crippen LogP contribution in [-0.2, 0) is 52.9 Å². The molecule has 0 aliphatic rings. The molecule has 3 aromatic rings. The van der Waals surface area contributed by atoms with Crippen LogP contribution >= 0.6 is 0 Å². The molecule has 0 saturated carbocycles. The van der Waals surface area contributed by atoms with Crippen molar-refractivity contribution in [3.05, 3.63) is 108 Å². The lowest BCUT2D eigenvalue weighted by Crippen LogP contribution is -2.37. The lowest BCUT2D eigenvalue weighted by molar-refractivity contribution is -0.200. The van der Waals surface area contributed by atoms with Gasteiger partial charge in [0.25, 0.3) is 0 Å². The molecule has 0 aromatic heterocycles. The van der Waals surface area contributed by atoms with Gasteiger partial charge in [0.1, 0.15) is 13.6 Å². The van der Waals surface area contributed by atoms with Crippen LogP contribution in [0.4, 0.5) is 0 Å². The van der Waals surface area contributed by atoms with Crippen LogP contribution in [-0.4, -0.2) is 38.7 Å². The molecule has 0 N–H and O–H groups in total. The minimum absolute atomic E-state index is 0.0146. The van der Waals surface area contributed by atoms with Crippen LogP contribution in [0, 0.1) is 0 Å². The smallest absolute Gasteiger partial charge is 0.310 e. The van der Waals surface area contributed by atoms with E-state index in [-0.39, 0.29) is 39.6 Å². The Bertz CT molecular complexity index is 1030. The molecule has 0 aliphatic heterocycles. The van der Waals surface area contributed by atoms with Crippen molar-refractivity contribution in [2.24, 2.45) is 0 Å². The van der Waals surface area contributed by atoms with Crippen LogP contribution in [0.2, 0.25) is 0 Å². The summed E-state index contributed by atoms with van der Waals surface area (Å²) in [5.74, 6) is -0.389. The molecule has 7 heteroatoms. The van der Waals surface area contributed by atoms with Gasteiger partial charge in [0.05, 0.1) is 25.2 Å². The number of aryl methyl sites for hydroxylation is 1. The van der Waals surface area contributed by atoms with Gasteiger partial charge in [-0.3, -0.25) is 4.79 Å². The molecule has 7 nitrogen and oxygen atoms in total. The predicted molar refractivity (Wildman–Crippen MR) is 148 cm³/mol. The summed E-state index contributed by atoms with van der Waals surface area (Å²) in [5.41, 5.74) is 2.57. The van der Waals surface area contributed by atoms with Gasteiger partial charge in [0.15, 0.2) is 13.6 Å². The normalized spacial score (nSPS) is 12.6. The highest BCUT2D eigenvalue weighted by molar-refractivity contribution is 5.70. The molecular weight excluding hydrogens is 496 g/mol. The van der Waals surface area contributed by atoms with E-state index in [1.54, 1.807) is 0 Å². The van der Waals surface area contributed by atoms with Crippen molar-refractivity contribution in [3.63, 3.8) is 0 Å². The summed E-state index contributed by atoms with van der Waals surface area (Å²) >= 11 is 0. The van der Waals surface area contributed by atoms with Gasteiger partial charge >= 0.3 is 5.97 Å². The summed E-state index contributed by atoms with van der Waals surface area (Å²) in [5, 5.41) is 0. The molecule has 210 valence electrons. The highest BCUT2D eigenvalue weighted by Gasteiger charge is 2.34.